The monoisotopic (exact) mass is 452 g/mol. The van der Waals surface area contributed by atoms with Gasteiger partial charge in [0.1, 0.15) is 12.2 Å². The molecule has 0 radical (unpaired) electrons. The van der Waals surface area contributed by atoms with Crippen molar-refractivity contribution >= 4 is 15.8 Å². The van der Waals surface area contributed by atoms with Crippen molar-refractivity contribution in [3.63, 3.8) is 0 Å². The van der Waals surface area contributed by atoms with Crippen LogP contribution in [0.3, 0.4) is 0 Å². The lowest BCUT2D eigenvalue weighted by atomic mass is 10.1. The Bertz CT molecular complexity index is 1210. The predicted octanol–water partition coefficient (Wildman–Crippen LogP) is 4.06. The van der Waals surface area contributed by atoms with Crippen LogP contribution in [0.2, 0.25) is 0 Å². The molecule has 10 heteroatoms. The van der Waals surface area contributed by atoms with Crippen molar-refractivity contribution in [3.05, 3.63) is 88.7 Å². The summed E-state index contributed by atoms with van der Waals surface area (Å²) in [5.41, 5.74) is -1.04. The quantitative estimate of drug-likeness (QED) is 0.525. The Morgan fingerprint density at radius 2 is 1.45 bits per heavy atom. The minimum atomic E-state index is -3.73. The van der Waals surface area contributed by atoms with Gasteiger partial charge in [-0.3, -0.25) is 0 Å². The molecule has 0 heterocycles. The molecule has 3 aromatic rings. The molecule has 0 saturated carbocycles. The largest absolute Gasteiger partial charge is 0.504 e. The average Bonchev–Trinajstić information content (AvgIpc) is 2.73. The van der Waals surface area contributed by atoms with Crippen molar-refractivity contribution < 1.29 is 41.3 Å². The number of hydrogen-bond acceptors (Lipinski definition) is 5. The number of carboxylic acid groups (broad SMARTS) is 1. The first-order valence-corrected chi connectivity index (χ1v) is 10.4. The predicted molar refractivity (Wildman–Crippen MR) is 103 cm³/mol. The molecule has 3 aromatic carbocycles. The second-order valence-electron chi connectivity index (χ2n) is 6.43. The Labute approximate surface area is 175 Å². The number of aromatic carboxylic acids is 1. The number of halogens is 3. The zero-order valence-electron chi connectivity index (χ0n) is 15.7. The summed E-state index contributed by atoms with van der Waals surface area (Å²) in [6, 6.07) is 13.7. The van der Waals surface area contributed by atoms with E-state index >= 15 is 0 Å². The van der Waals surface area contributed by atoms with Crippen LogP contribution in [0.25, 0.3) is 0 Å². The Balaban J connectivity index is 1.91. The molecule has 6 nitrogen and oxygen atoms in total. The van der Waals surface area contributed by atoms with Gasteiger partial charge in [-0.25, -0.2) is 17.6 Å². The van der Waals surface area contributed by atoms with Crippen molar-refractivity contribution in [2.75, 3.05) is 0 Å². The number of phenols is 1. The molecule has 0 bridgehead atoms. The van der Waals surface area contributed by atoms with Gasteiger partial charge < -0.3 is 14.9 Å². The topological polar surface area (TPSA) is 101 Å². The number of benzene rings is 3. The number of carboxylic acids is 1. The lowest BCUT2D eigenvalue weighted by Crippen LogP contribution is -2.11. The summed E-state index contributed by atoms with van der Waals surface area (Å²) >= 11 is 0. The second kappa shape index (κ2) is 8.68. The third kappa shape index (κ3) is 4.48. The Kier molecular flexibility index (Phi) is 6.21. The van der Waals surface area contributed by atoms with Crippen LogP contribution in [-0.2, 0) is 22.2 Å². The van der Waals surface area contributed by atoms with Crippen molar-refractivity contribution in [1.29, 1.82) is 0 Å². The van der Waals surface area contributed by atoms with E-state index in [0.29, 0.717) is 0 Å². The molecule has 0 atom stereocenters. The van der Waals surface area contributed by atoms with E-state index in [-0.39, 0.29) is 16.0 Å². The van der Waals surface area contributed by atoms with E-state index in [2.05, 4.69) is 0 Å². The zero-order chi connectivity index (χ0) is 22.8. The maximum absolute atomic E-state index is 14.2. The summed E-state index contributed by atoms with van der Waals surface area (Å²) in [4.78, 5) is 11.0. The first-order valence-electron chi connectivity index (χ1n) is 8.73. The second-order valence-corrected chi connectivity index (χ2v) is 8.42. The lowest BCUT2D eigenvalue weighted by Gasteiger charge is -2.14. The van der Waals surface area contributed by atoms with Crippen molar-refractivity contribution in [2.45, 2.75) is 17.3 Å². The fourth-order valence-electron chi connectivity index (χ4n) is 2.85. The lowest BCUT2D eigenvalue weighted by molar-refractivity contribution is 0.0685. The number of aromatic hydroxyl groups is 1. The van der Waals surface area contributed by atoms with Crippen molar-refractivity contribution in [3.8, 4) is 11.5 Å². The maximum Gasteiger partial charge on any atom is 0.342 e. The first kappa shape index (κ1) is 22.2. The van der Waals surface area contributed by atoms with Crippen LogP contribution in [0.15, 0.2) is 59.5 Å². The van der Waals surface area contributed by atoms with E-state index in [1.54, 1.807) is 24.3 Å². The van der Waals surface area contributed by atoms with E-state index < -0.39 is 62.7 Å². The summed E-state index contributed by atoms with van der Waals surface area (Å²) in [5, 5.41) is 18.4. The van der Waals surface area contributed by atoms with E-state index in [4.69, 9.17) is 9.84 Å². The summed E-state index contributed by atoms with van der Waals surface area (Å²) in [7, 11) is -3.73. The van der Waals surface area contributed by atoms with Gasteiger partial charge >= 0.3 is 5.97 Å². The molecule has 0 unspecified atom stereocenters. The number of sulfone groups is 1. The number of ether oxygens (including phenoxy) is 1. The molecule has 2 N–H and O–H groups in total. The fraction of sp³-hybridized carbons (Fsp3) is 0.0952. The van der Waals surface area contributed by atoms with E-state index in [1.807, 2.05) is 0 Å². The van der Waals surface area contributed by atoms with Gasteiger partial charge in [0.15, 0.2) is 27.2 Å². The Hall–Kier alpha value is -3.53. The smallest absolute Gasteiger partial charge is 0.342 e. The van der Waals surface area contributed by atoms with Gasteiger partial charge in [0.05, 0.1) is 10.6 Å². The van der Waals surface area contributed by atoms with E-state index in [9.17, 15) is 31.5 Å². The molecule has 0 aliphatic rings. The highest BCUT2D eigenvalue weighted by atomic mass is 32.2. The fourth-order valence-corrected chi connectivity index (χ4v) is 4.28. The molecule has 0 aliphatic heterocycles. The van der Waals surface area contributed by atoms with Crippen LogP contribution in [0.1, 0.15) is 21.5 Å². The molecule has 0 aromatic heterocycles. The number of rotatable bonds is 7. The van der Waals surface area contributed by atoms with Gasteiger partial charge in [0.25, 0.3) is 0 Å². The number of carbonyl (C=O) groups is 1. The minimum Gasteiger partial charge on any atom is -0.504 e. The van der Waals surface area contributed by atoms with Crippen LogP contribution in [0.5, 0.6) is 11.5 Å². The Morgan fingerprint density at radius 3 is 2.06 bits per heavy atom. The zero-order valence-corrected chi connectivity index (χ0v) is 16.5. The Morgan fingerprint density at radius 1 is 0.871 bits per heavy atom. The van der Waals surface area contributed by atoms with Crippen LogP contribution >= 0.6 is 0 Å². The molecule has 31 heavy (non-hydrogen) atoms. The third-order valence-electron chi connectivity index (χ3n) is 4.41. The normalized spacial score (nSPS) is 11.3. The highest BCUT2D eigenvalue weighted by Crippen LogP contribution is 2.36. The van der Waals surface area contributed by atoms with E-state index in [1.165, 1.54) is 30.3 Å². The summed E-state index contributed by atoms with van der Waals surface area (Å²) in [6.07, 6.45) is 0. The van der Waals surface area contributed by atoms with Crippen LogP contribution in [0, 0.1) is 17.5 Å². The molecular weight excluding hydrogens is 437 g/mol. The molecule has 0 amide bonds. The molecule has 0 fully saturated rings. The molecule has 162 valence electrons. The first-order chi connectivity index (χ1) is 14.6. The molecule has 0 aliphatic carbocycles. The molecule has 0 saturated heterocycles. The highest BCUT2D eigenvalue weighted by Gasteiger charge is 2.30. The SMILES string of the molecule is O=C(O)c1c(O)c(F)c(OCc2ccccc2CS(=O)(=O)c2ccccc2)c(F)c1F. The van der Waals surface area contributed by atoms with Gasteiger partial charge in [0, 0.05) is 0 Å². The average molecular weight is 452 g/mol. The molecule has 3 rings (SSSR count). The summed E-state index contributed by atoms with van der Waals surface area (Å²) in [5.74, 6) is -11.1. The summed E-state index contributed by atoms with van der Waals surface area (Å²) < 4.78 is 72.5. The van der Waals surface area contributed by atoms with Gasteiger partial charge in [-0.2, -0.15) is 8.78 Å². The van der Waals surface area contributed by atoms with Crippen LogP contribution in [-0.4, -0.2) is 24.6 Å². The van der Waals surface area contributed by atoms with E-state index in [0.717, 1.165) is 0 Å². The number of hydrogen-bond donors (Lipinski definition) is 2. The highest BCUT2D eigenvalue weighted by molar-refractivity contribution is 7.90. The van der Waals surface area contributed by atoms with Gasteiger partial charge in [0.2, 0.25) is 11.6 Å². The summed E-state index contributed by atoms with van der Waals surface area (Å²) in [6.45, 7) is -0.570. The third-order valence-corrected chi connectivity index (χ3v) is 6.09. The standard InChI is InChI=1S/C21H15F3O6S/c22-16-15(21(26)27)19(25)18(24)20(17(16)23)30-10-12-6-4-5-7-13(12)11-31(28,29)14-8-2-1-3-9-14/h1-9,25H,10-11H2,(H,26,27). The molecular formula is C21H15F3O6S. The van der Waals surface area contributed by atoms with Gasteiger partial charge in [-0.1, -0.05) is 42.5 Å². The minimum absolute atomic E-state index is 0.0825. The maximum atomic E-state index is 14.2. The van der Waals surface area contributed by atoms with Gasteiger partial charge in [-0.15, -0.1) is 0 Å². The van der Waals surface area contributed by atoms with Crippen LogP contribution in [0.4, 0.5) is 13.2 Å². The van der Waals surface area contributed by atoms with Gasteiger partial charge in [-0.05, 0) is 23.3 Å². The molecule has 0 spiro atoms. The van der Waals surface area contributed by atoms with Crippen LogP contribution < -0.4 is 4.74 Å². The van der Waals surface area contributed by atoms with Crippen molar-refractivity contribution in [2.24, 2.45) is 0 Å². The van der Waals surface area contributed by atoms with Crippen molar-refractivity contribution in [1.82, 2.24) is 0 Å².